The van der Waals surface area contributed by atoms with E-state index in [-0.39, 0.29) is 31.1 Å². The molecule has 0 fully saturated rings. The Hall–Kier alpha value is -2.63. The molecule has 6 nitrogen and oxygen atoms in total. The smallest absolute Gasteiger partial charge is 0.306 e. The van der Waals surface area contributed by atoms with Crippen LogP contribution < -0.4 is 0 Å². The normalized spacial score (nSPS) is 12.3. The highest BCUT2D eigenvalue weighted by Crippen LogP contribution is 2.18. The molecule has 0 saturated heterocycles. The van der Waals surface area contributed by atoms with Crippen LogP contribution in [-0.4, -0.2) is 37.2 Å². The topological polar surface area (TPSA) is 78.9 Å². The lowest BCUT2D eigenvalue weighted by Gasteiger charge is -2.18. The van der Waals surface area contributed by atoms with E-state index < -0.39 is 6.10 Å². The summed E-state index contributed by atoms with van der Waals surface area (Å²) in [5.41, 5.74) is 0. The average molecular weight is 1140 g/mol. The zero-order valence-corrected chi connectivity index (χ0v) is 54.6. The van der Waals surface area contributed by atoms with Gasteiger partial charge in [-0.25, -0.2) is 0 Å². The fourth-order valence-electron chi connectivity index (χ4n) is 10.9. The highest BCUT2D eigenvalue weighted by atomic mass is 16.6. The van der Waals surface area contributed by atoms with Crippen molar-refractivity contribution in [1.82, 2.24) is 0 Å². The third-order valence-corrected chi connectivity index (χ3v) is 16.3. The van der Waals surface area contributed by atoms with Crippen LogP contribution in [0.15, 0.2) is 48.6 Å². The SMILES string of the molecule is CCCCCCC/C=C\C/C=C\C/C=C\CCCCCCCCCCCCC(=O)OC(COC(=O)CCCCCCC)COC(=O)CCCCCCCCCCCCCCCCCCCCCCC/C=C\CCCCCCCCCC. The van der Waals surface area contributed by atoms with Gasteiger partial charge in [0.15, 0.2) is 6.10 Å². The van der Waals surface area contributed by atoms with Gasteiger partial charge in [-0.2, -0.15) is 0 Å². The second-order valence-corrected chi connectivity index (χ2v) is 24.5. The fourth-order valence-corrected chi connectivity index (χ4v) is 10.9. The minimum Gasteiger partial charge on any atom is -0.462 e. The van der Waals surface area contributed by atoms with Crippen LogP contribution in [0.5, 0.6) is 0 Å². The second-order valence-electron chi connectivity index (χ2n) is 24.5. The lowest BCUT2D eigenvalue weighted by atomic mass is 10.0. The summed E-state index contributed by atoms with van der Waals surface area (Å²) >= 11 is 0. The van der Waals surface area contributed by atoms with Crippen LogP contribution in [0, 0.1) is 0 Å². The maximum Gasteiger partial charge on any atom is 0.306 e. The molecule has 0 N–H and O–H groups in total. The van der Waals surface area contributed by atoms with Gasteiger partial charge in [-0.1, -0.05) is 339 Å². The fraction of sp³-hybridized carbons (Fsp3) is 0.853. The van der Waals surface area contributed by atoms with Crippen LogP contribution in [0.3, 0.4) is 0 Å². The van der Waals surface area contributed by atoms with Crippen LogP contribution in [0.1, 0.15) is 393 Å². The highest BCUT2D eigenvalue weighted by Gasteiger charge is 2.19. The van der Waals surface area contributed by atoms with Gasteiger partial charge >= 0.3 is 17.9 Å². The molecule has 0 heterocycles. The molecule has 0 aromatic rings. The van der Waals surface area contributed by atoms with Gasteiger partial charge in [0.1, 0.15) is 13.2 Å². The summed E-state index contributed by atoms with van der Waals surface area (Å²) in [6.07, 6.45) is 89.3. The van der Waals surface area contributed by atoms with Gasteiger partial charge in [0.2, 0.25) is 0 Å². The van der Waals surface area contributed by atoms with Crippen LogP contribution in [-0.2, 0) is 28.6 Å². The van der Waals surface area contributed by atoms with Gasteiger partial charge in [0, 0.05) is 19.3 Å². The van der Waals surface area contributed by atoms with Crippen LogP contribution in [0.2, 0.25) is 0 Å². The zero-order valence-electron chi connectivity index (χ0n) is 54.6. The molecule has 1 atom stereocenters. The van der Waals surface area contributed by atoms with Crippen molar-refractivity contribution in [1.29, 1.82) is 0 Å². The number of rotatable bonds is 67. The summed E-state index contributed by atoms with van der Waals surface area (Å²) in [6.45, 7) is 6.60. The number of esters is 3. The third-order valence-electron chi connectivity index (χ3n) is 16.3. The molecule has 0 aromatic heterocycles. The van der Waals surface area contributed by atoms with Crippen molar-refractivity contribution in [2.75, 3.05) is 13.2 Å². The molecule has 0 rings (SSSR count). The predicted octanol–water partition coefficient (Wildman–Crippen LogP) is 24.9. The standard InChI is InChI=1S/C75H138O6/c1-4-7-10-13-15-17-19-21-23-25-27-29-31-33-34-35-36-37-38-39-40-42-43-45-47-49-51-53-55-57-59-62-65-68-74(77)80-71-72(70-79-73(76)67-64-61-12-9-6-3)81-75(78)69-66-63-60-58-56-54-52-50-48-46-44-41-32-30-28-26-24-22-20-18-16-14-11-8-5-2/h20,22,25-28,32,41,72H,4-19,21,23-24,29-31,33-40,42-71H2,1-3H3/b22-20-,27-25-,28-26-,41-32-. The molecule has 0 spiro atoms. The summed E-state index contributed by atoms with van der Waals surface area (Å²) in [5.74, 6) is -0.867. The first kappa shape index (κ1) is 78.4. The number of ether oxygens (including phenoxy) is 3. The molecule has 0 aromatic carbocycles. The monoisotopic (exact) mass is 1140 g/mol. The van der Waals surface area contributed by atoms with E-state index >= 15 is 0 Å². The minimum absolute atomic E-state index is 0.0708. The Morgan fingerprint density at radius 2 is 0.444 bits per heavy atom. The van der Waals surface area contributed by atoms with E-state index in [2.05, 4.69) is 69.4 Å². The lowest BCUT2D eigenvalue weighted by molar-refractivity contribution is -0.167. The Balaban J connectivity index is 3.91. The van der Waals surface area contributed by atoms with Crippen molar-refractivity contribution in [3.8, 4) is 0 Å². The molecule has 0 saturated carbocycles. The van der Waals surface area contributed by atoms with Crippen LogP contribution in [0.25, 0.3) is 0 Å². The van der Waals surface area contributed by atoms with E-state index in [1.807, 2.05) is 0 Å². The van der Waals surface area contributed by atoms with E-state index in [9.17, 15) is 14.4 Å². The van der Waals surface area contributed by atoms with Gasteiger partial charge in [0.25, 0.3) is 0 Å². The van der Waals surface area contributed by atoms with E-state index in [1.165, 1.54) is 276 Å². The van der Waals surface area contributed by atoms with E-state index in [4.69, 9.17) is 14.2 Å². The van der Waals surface area contributed by atoms with Crippen molar-refractivity contribution in [2.45, 2.75) is 399 Å². The van der Waals surface area contributed by atoms with Gasteiger partial charge in [0.05, 0.1) is 0 Å². The summed E-state index contributed by atoms with van der Waals surface area (Å²) in [6, 6.07) is 0. The second kappa shape index (κ2) is 69.9. The zero-order chi connectivity index (χ0) is 58.5. The maximum absolute atomic E-state index is 12.9. The number of hydrogen-bond donors (Lipinski definition) is 0. The van der Waals surface area contributed by atoms with E-state index in [0.29, 0.717) is 19.3 Å². The summed E-state index contributed by atoms with van der Waals surface area (Å²) < 4.78 is 16.8. The van der Waals surface area contributed by atoms with Gasteiger partial charge in [-0.3, -0.25) is 14.4 Å². The Labute approximate surface area is 505 Å². The van der Waals surface area contributed by atoms with Crippen molar-refractivity contribution < 1.29 is 28.6 Å². The molecule has 0 aliphatic heterocycles. The first-order valence-corrected chi connectivity index (χ1v) is 36.1. The van der Waals surface area contributed by atoms with Crippen molar-refractivity contribution in [3.63, 3.8) is 0 Å². The van der Waals surface area contributed by atoms with E-state index in [0.717, 1.165) is 77.0 Å². The number of carbonyl (C=O) groups is 3. The molecule has 6 heteroatoms. The molecule has 0 radical (unpaired) electrons. The van der Waals surface area contributed by atoms with Crippen LogP contribution in [0.4, 0.5) is 0 Å². The number of carbonyl (C=O) groups excluding carboxylic acids is 3. The molecule has 0 aliphatic rings. The van der Waals surface area contributed by atoms with Gasteiger partial charge in [-0.15, -0.1) is 0 Å². The maximum atomic E-state index is 12.9. The first-order chi connectivity index (χ1) is 40.0. The average Bonchev–Trinajstić information content (AvgIpc) is 3.47. The van der Waals surface area contributed by atoms with Crippen molar-refractivity contribution in [2.24, 2.45) is 0 Å². The van der Waals surface area contributed by atoms with E-state index in [1.54, 1.807) is 0 Å². The minimum atomic E-state index is -0.771. The first-order valence-electron chi connectivity index (χ1n) is 36.1. The Bertz CT molecular complexity index is 1400. The van der Waals surface area contributed by atoms with Crippen molar-refractivity contribution >= 4 is 17.9 Å². The third kappa shape index (κ3) is 68.0. The molecule has 81 heavy (non-hydrogen) atoms. The quantitative estimate of drug-likeness (QED) is 0.0261. The van der Waals surface area contributed by atoms with Gasteiger partial charge < -0.3 is 14.2 Å². The Morgan fingerprint density at radius 3 is 0.704 bits per heavy atom. The summed E-state index contributed by atoms with van der Waals surface area (Å²) in [7, 11) is 0. The molecule has 1 unspecified atom stereocenters. The Morgan fingerprint density at radius 1 is 0.247 bits per heavy atom. The molecule has 0 amide bonds. The summed E-state index contributed by atoms with van der Waals surface area (Å²) in [5, 5.41) is 0. The molecule has 0 bridgehead atoms. The number of unbranched alkanes of at least 4 members (excludes halogenated alkanes) is 48. The van der Waals surface area contributed by atoms with Crippen molar-refractivity contribution in [3.05, 3.63) is 48.6 Å². The molecular formula is C75H138O6. The lowest BCUT2D eigenvalue weighted by Crippen LogP contribution is -2.30. The number of allylic oxidation sites excluding steroid dienone is 8. The van der Waals surface area contributed by atoms with Gasteiger partial charge in [-0.05, 0) is 83.5 Å². The Kier molecular flexibility index (Phi) is 67.6. The van der Waals surface area contributed by atoms with Crippen LogP contribution >= 0.6 is 0 Å². The molecule has 0 aliphatic carbocycles. The largest absolute Gasteiger partial charge is 0.462 e. The summed E-state index contributed by atoms with van der Waals surface area (Å²) in [4.78, 5) is 38.0. The molecular weight excluding hydrogens is 997 g/mol. The molecule has 474 valence electrons. The highest BCUT2D eigenvalue weighted by molar-refractivity contribution is 5.71. The predicted molar refractivity (Wildman–Crippen MR) is 353 cm³/mol. The number of hydrogen-bond acceptors (Lipinski definition) is 6.